The number of morpholine rings is 1. The molecule has 0 aliphatic carbocycles. The highest BCUT2D eigenvalue weighted by Gasteiger charge is 2.17. The van der Waals surface area contributed by atoms with Gasteiger partial charge in [0.05, 0.1) is 44.7 Å². The second-order valence-electron chi connectivity index (χ2n) is 8.97. The summed E-state index contributed by atoms with van der Waals surface area (Å²) in [6, 6.07) is 3.36. The zero-order valence-electron chi connectivity index (χ0n) is 21.5. The highest BCUT2D eigenvalue weighted by atomic mass is 16.5. The second-order valence-corrected chi connectivity index (χ2v) is 8.97. The molecule has 9 nitrogen and oxygen atoms in total. The van der Waals surface area contributed by atoms with Gasteiger partial charge in [-0.1, -0.05) is 26.2 Å². The zero-order chi connectivity index (χ0) is 25.0. The van der Waals surface area contributed by atoms with E-state index in [4.69, 9.17) is 14.2 Å². The normalized spacial score (nSPS) is 14.3. The molecule has 0 bridgehead atoms. The molecule has 0 spiro atoms. The van der Waals surface area contributed by atoms with E-state index in [2.05, 4.69) is 16.8 Å². The van der Waals surface area contributed by atoms with Gasteiger partial charge in [0.2, 0.25) is 5.91 Å². The Labute approximate surface area is 208 Å². The van der Waals surface area contributed by atoms with Crippen LogP contribution < -0.4 is 15.0 Å². The SMILES string of the molecule is CCCCCCN(CCN1CCOCC1)C(=O)CCCn1cnc2cc(OC)c(OC)cc2c1=O. The van der Waals surface area contributed by atoms with Gasteiger partial charge in [-0.3, -0.25) is 19.1 Å². The molecule has 2 heterocycles. The van der Waals surface area contributed by atoms with Gasteiger partial charge in [-0.25, -0.2) is 4.98 Å². The molecule has 0 N–H and O–H groups in total. The Bertz CT molecular complexity index is 1000. The second kappa shape index (κ2) is 14.0. The first-order valence-electron chi connectivity index (χ1n) is 12.8. The lowest BCUT2D eigenvalue weighted by molar-refractivity contribution is -0.131. The summed E-state index contributed by atoms with van der Waals surface area (Å²) in [5, 5.41) is 0.472. The van der Waals surface area contributed by atoms with E-state index in [1.54, 1.807) is 30.1 Å². The molecule has 3 rings (SSSR count). The molecule has 0 atom stereocenters. The molecule has 0 radical (unpaired) electrons. The van der Waals surface area contributed by atoms with E-state index >= 15 is 0 Å². The van der Waals surface area contributed by atoms with E-state index in [0.717, 1.165) is 58.8 Å². The first-order valence-corrected chi connectivity index (χ1v) is 12.8. The molecule has 35 heavy (non-hydrogen) atoms. The highest BCUT2D eigenvalue weighted by molar-refractivity contribution is 5.81. The van der Waals surface area contributed by atoms with Gasteiger partial charge >= 0.3 is 0 Å². The average Bonchev–Trinajstić information content (AvgIpc) is 2.89. The summed E-state index contributed by atoms with van der Waals surface area (Å²) in [5.74, 6) is 1.18. The largest absolute Gasteiger partial charge is 0.493 e. The van der Waals surface area contributed by atoms with Crippen molar-refractivity contribution in [2.45, 2.75) is 52.0 Å². The number of hydrogen-bond acceptors (Lipinski definition) is 7. The third-order valence-corrected chi connectivity index (χ3v) is 6.54. The maximum absolute atomic E-state index is 13.1. The minimum atomic E-state index is -0.146. The number of amides is 1. The number of rotatable bonds is 14. The van der Waals surface area contributed by atoms with E-state index in [1.807, 2.05) is 4.90 Å². The third kappa shape index (κ3) is 7.67. The summed E-state index contributed by atoms with van der Waals surface area (Å²) in [6.07, 6.45) is 7.08. The predicted molar refractivity (Wildman–Crippen MR) is 136 cm³/mol. The van der Waals surface area contributed by atoms with Crippen molar-refractivity contribution in [3.05, 3.63) is 28.8 Å². The Kier molecular flexibility index (Phi) is 10.8. The lowest BCUT2D eigenvalue weighted by Gasteiger charge is -2.30. The van der Waals surface area contributed by atoms with Crippen molar-refractivity contribution in [3.63, 3.8) is 0 Å². The van der Waals surface area contributed by atoms with Crippen molar-refractivity contribution in [1.82, 2.24) is 19.4 Å². The topological polar surface area (TPSA) is 86.1 Å². The van der Waals surface area contributed by atoms with Gasteiger partial charge in [0.15, 0.2) is 11.5 Å². The number of unbranched alkanes of at least 4 members (excludes halogenated alkanes) is 3. The number of benzene rings is 1. The Balaban J connectivity index is 1.59. The Hall–Kier alpha value is -2.65. The van der Waals surface area contributed by atoms with Crippen molar-refractivity contribution in [2.75, 3.05) is 60.2 Å². The van der Waals surface area contributed by atoms with Crippen LogP contribution in [0.25, 0.3) is 10.9 Å². The van der Waals surface area contributed by atoms with Crippen molar-refractivity contribution in [1.29, 1.82) is 0 Å². The maximum atomic E-state index is 13.1. The van der Waals surface area contributed by atoms with Gasteiger partial charge in [-0.05, 0) is 18.9 Å². The molecule has 1 aliphatic heterocycles. The number of aryl methyl sites for hydroxylation is 1. The standard InChI is InChI=1S/C26H40N4O5/c1-4-5-6-7-10-29(13-12-28-14-16-35-17-15-28)25(31)9-8-11-30-20-27-22-19-24(34-3)23(33-2)18-21(22)26(30)32/h18-20H,4-17H2,1-3H3. The zero-order valence-corrected chi connectivity index (χ0v) is 21.5. The molecule has 0 saturated carbocycles. The fourth-order valence-corrected chi connectivity index (χ4v) is 4.38. The molecule has 9 heteroatoms. The molecule has 1 aromatic carbocycles. The summed E-state index contributed by atoms with van der Waals surface area (Å²) in [7, 11) is 3.09. The number of carbonyl (C=O) groups is 1. The molecule has 1 aromatic heterocycles. The number of nitrogens with zero attached hydrogens (tertiary/aromatic N) is 4. The minimum Gasteiger partial charge on any atom is -0.493 e. The Morgan fingerprint density at radius 1 is 1.03 bits per heavy atom. The van der Waals surface area contributed by atoms with Gasteiger partial charge in [-0.2, -0.15) is 0 Å². The van der Waals surface area contributed by atoms with Crippen LogP contribution in [0.15, 0.2) is 23.3 Å². The Morgan fingerprint density at radius 3 is 2.49 bits per heavy atom. The van der Waals surface area contributed by atoms with Crippen LogP contribution >= 0.6 is 0 Å². The average molecular weight is 489 g/mol. The molecule has 1 amide bonds. The fourth-order valence-electron chi connectivity index (χ4n) is 4.38. The molecular weight excluding hydrogens is 448 g/mol. The first-order chi connectivity index (χ1) is 17.1. The predicted octanol–water partition coefficient (Wildman–Crippen LogP) is 2.94. The van der Waals surface area contributed by atoms with Crippen molar-refractivity contribution < 1.29 is 19.0 Å². The highest BCUT2D eigenvalue weighted by Crippen LogP contribution is 2.29. The monoisotopic (exact) mass is 488 g/mol. The van der Waals surface area contributed by atoms with Gasteiger partial charge in [0.1, 0.15) is 0 Å². The third-order valence-electron chi connectivity index (χ3n) is 6.54. The number of fused-ring (bicyclic) bond motifs is 1. The van der Waals surface area contributed by atoms with E-state index in [-0.39, 0.29) is 11.5 Å². The number of hydrogen-bond donors (Lipinski definition) is 0. The smallest absolute Gasteiger partial charge is 0.261 e. The molecular formula is C26H40N4O5. The number of carbonyl (C=O) groups excluding carboxylic acids is 1. The summed E-state index contributed by atoms with van der Waals surface area (Å²) in [6.45, 7) is 8.41. The van der Waals surface area contributed by atoms with Crippen molar-refractivity contribution >= 4 is 16.8 Å². The molecule has 0 unspecified atom stereocenters. The van der Waals surface area contributed by atoms with Crippen LogP contribution in [0.2, 0.25) is 0 Å². The van der Waals surface area contributed by atoms with Crippen molar-refractivity contribution in [3.8, 4) is 11.5 Å². The molecule has 194 valence electrons. The lowest BCUT2D eigenvalue weighted by atomic mass is 10.2. The van der Waals surface area contributed by atoms with Gasteiger partial charge < -0.3 is 19.1 Å². The maximum Gasteiger partial charge on any atom is 0.261 e. The molecule has 1 saturated heterocycles. The number of aromatic nitrogens is 2. The Morgan fingerprint density at radius 2 is 1.77 bits per heavy atom. The number of ether oxygens (including phenoxy) is 3. The van der Waals surface area contributed by atoms with Crippen LogP contribution in [0.5, 0.6) is 11.5 Å². The summed E-state index contributed by atoms with van der Waals surface area (Å²) in [4.78, 5) is 34.9. The van der Waals surface area contributed by atoms with Gasteiger partial charge in [0.25, 0.3) is 5.56 Å². The van der Waals surface area contributed by atoms with E-state index < -0.39 is 0 Å². The summed E-state index contributed by atoms with van der Waals surface area (Å²) >= 11 is 0. The van der Waals surface area contributed by atoms with Crippen LogP contribution in [0, 0.1) is 0 Å². The van der Waals surface area contributed by atoms with Crippen LogP contribution in [-0.2, 0) is 16.1 Å². The van der Waals surface area contributed by atoms with E-state index in [9.17, 15) is 9.59 Å². The van der Waals surface area contributed by atoms with Crippen LogP contribution in [0.1, 0.15) is 45.4 Å². The van der Waals surface area contributed by atoms with Gasteiger partial charge in [-0.15, -0.1) is 0 Å². The first kappa shape index (κ1) is 26.9. The molecule has 2 aromatic rings. The molecule has 1 fully saturated rings. The number of methoxy groups -OCH3 is 2. The van der Waals surface area contributed by atoms with Crippen molar-refractivity contribution in [2.24, 2.45) is 0 Å². The summed E-state index contributed by atoms with van der Waals surface area (Å²) in [5.41, 5.74) is 0.411. The minimum absolute atomic E-state index is 0.146. The lowest BCUT2D eigenvalue weighted by Crippen LogP contribution is -2.43. The van der Waals surface area contributed by atoms with E-state index in [1.165, 1.54) is 20.0 Å². The van der Waals surface area contributed by atoms with Gasteiger partial charge in [0, 0.05) is 51.8 Å². The van der Waals surface area contributed by atoms with Crippen LogP contribution in [0.4, 0.5) is 0 Å². The van der Waals surface area contributed by atoms with Crippen LogP contribution in [0.3, 0.4) is 0 Å². The van der Waals surface area contributed by atoms with E-state index in [0.29, 0.717) is 41.8 Å². The summed E-state index contributed by atoms with van der Waals surface area (Å²) < 4.78 is 17.6. The molecule has 1 aliphatic rings. The quantitative estimate of drug-likeness (QED) is 0.378. The van der Waals surface area contributed by atoms with Crippen LogP contribution in [-0.4, -0.2) is 85.4 Å². The fraction of sp³-hybridized carbons (Fsp3) is 0.654.